The molecule has 3 rings (SSSR count). The number of rotatable bonds is 8. The summed E-state index contributed by atoms with van der Waals surface area (Å²) in [6.45, 7) is 7.01. The molecule has 2 aromatic heterocycles. The number of aryl methyl sites for hydroxylation is 1. The molecule has 2 aromatic rings. The molecular weight excluding hydrogens is 386 g/mol. The van der Waals surface area contributed by atoms with Gasteiger partial charge < -0.3 is 8.98 Å². The van der Waals surface area contributed by atoms with E-state index in [0.29, 0.717) is 24.0 Å². The van der Waals surface area contributed by atoms with Gasteiger partial charge in [0.2, 0.25) is 5.89 Å². The van der Waals surface area contributed by atoms with E-state index >= 15 is 0 Å². The van der Waals surface area contributed by atoms with Crippen molar-refractivity contribution in [2.75, 3.05) is 17.3 Å². The van der Waals surface area contributed by atoms with Gasteiger partial charge in [-0.1, -0.05) is 18.7 Å². The maximum absolute atomic E-state index is 12.6. The highest BCUT2D eigenvalue weighted by Crippen LogP contribution is 2.25. The van der Waals surface area contributed by atoms with E-state index in [9.17, 15) is 13.2 Å². The van der Waals surface area contributed by atoms with Crippen LogP contribution in [0.25, 0.3) is 0 Å². The third-order valence-electron chi connectivity index (χ3n) is 4.89. The van der Waals surface area contributed by atoms with Crippen LogP contribution in [0.4, 0.5) is 0 Å². The molecule has 0 amide bonds. The molecule has 148 valence electrons. The van der Waals surface area contributed by atoms with E-state index in [4.69, 9.17) is 4.42 Å². The maximum Gasteiger partial charge on any atom is 0.277 e. The van der Waals surface area contributed by atoms with Crippen LogP contribution in [0.5, 0.6) is 0 Å². The van der Waals surface area contributed by atoms with Crippen LogP contribution in [0.1, 0.15) is 47.4 Å². The zero-order valence-electron chi connectivity index (χ0n) is 15.9. The highest BCUT2D eigenvalue weighted by Gasteiger charge is 2.29. The Morgan fingerprint density at radius 2 is 2.15 bits per heavy atom. The van der Waals surface area contributed by atoms with Gasteiger partial charge in [0.25, 0.3) is 5.22 Å². The minimum atomic E-state index is -2.91. The number of hydrogen-bond donors (Lipinski definition) is 0. The summed E-state index contributed by atoms with van der Waals surface area (Å²) in [5, 5.41) is 8.31. The minimum absolute atomic E-state index is 0.0390. The van der Waals surface area contributed by atoms with E-state index in [1.807, 2.05) is 19.9 Å². The molecular formula is C18H25N3O4S2. The molecule has 0 spiro atoms. The lowest BCUT2D eigenvalue weighted by atomic mass is 10.1. The van der Waals surface area contributed by atoms with Crippen molar-refractivity contribution in [1.82, 2.24) is 14.8 Å². The van der Waals surface area contributed by atoms with Crippen LogP contribution >= 0.6 is 11.8 Å². The minimum Gasteiger partial charge on any atom is -0.416 e. The van der Waals surface area contributed by atoms with Crippen LogP contribution in [0, 0.1) is 19.8 Å². The fraction of sp³-hybridized carbons (Fsp3) is 0.611. The van der Waals surface area contributed by atoms with Gasteiger partial charge in [-0.25, -0.2) is 8.42 Å². The molecule has 1 atom stereocenters. The van der Waals surface area contributed by atoms with E-state index < -0.39 is 9.84 Å². The predicted molar refractivity (Wildman–Crippen MR) is 104 cm³/mol. The topological polar surface area (TPSA) is 95.1 Å². The van der Waals surface area contributed by atoms with Gasteiger partial charge in [0.05, 0.1) is 17.3 Å². The first-order valence-electron chi connectivity index (χ1n) is 9.14. The number of carbonyl (C=O) groups excluding carboxylic acids is 1. The highest BCUT2D eigenvalue weighted by atomic mass is 32.2. The molecule has 0 N–H and O–H groups in total. The SMILES string of the molecule is CCCn1c(C)cc(C(=O)CSc2nnc(CC3CCS(=O)(=O)C3)o2)c1C. The van der Waals surface area contributed by atoms with E-state index in [2.05, 4.69) is 21.7 Å². The van der Waals surface area contributed by atoms with Gasteiger partial charge >= 0.3 is 0 Å². The van der Waals surface area contributed by atoms with Crippen molar-refractivity contribution in [2.45, 2.75) is 51.8 Å². The summed E-state index contributed by atoms with van der Waals surface area (Å²) in [6, 6.07) is 1.94. The maximum atomic E-state index is 12.6. The van der Waals surface area contributed by atoms with Gasteiger partial charge in [0.15, 0.2) is 15.6 Å². The number of aromatic nitrogens is 3. The molecule has 27 heavy (non-hydrogen) atoms. The Balaban J connectivity index is 1.57. The molecule has 0 saturated carbocycles. The average molecular weight is 412 g/mol. The molecule has 3 heterocycles. The van der Waals surface area contributed by atoms with Gasteiger partial charge in [0, 0.05) is 29.9 Å². The summed E-state index contributed by atoms with van der Waals surface area (Å²) in [4.78, 5) is 12.6. The van der Waals surface area contributed by atoms with Crippen LogP contribution in [0.2, 0.25) is 0 Å². The number of thioether (sulfide) groups is 1. The molecule has 9 heteroatoms. The third kappa shape index (κ3) is 4.82. The fourth-order valence-corrected chi connectivity index (χ4v) is 6.04. The standard InChI is InChI=1S/C18H25N3O4S2/c1-4-6-21-12(2)8-15(13(21)3)16(22)10-26-18-20-19-17(25-18)9-14-5-7-27(23,24)11-14/h8,14H,4-7,9-11H2,1-3H3. The summed E-state index contributed by atoms with van der Waals surface area (Å²) in [5.41, 5.74) is 2.83. The van der Waals surface area contributed by atoms with Crippen molar-refractivity contribution in [3.63, 3.8) is 0 Å². The van der Waals surface area contributed by atoms with Crippen molar-refractivity contribution < 1.29 is 17.6 Å². The molecule has 0 aliphatic carbocycles. The Morgan fingerprint density at radius 1 is 1.37 bits per heavy atom. The smallest absolute Gasteiger partial charge is 0.277 e. The molecule has 1 aliphatic heterocycles. The molecule has 1 fully saturated rings. The molecule has 1 aliphatic rings. The van der Waals surface area contributed by atoms with Gasteiger partial charge in [0.1, 0.15) is 0 Å². The highest BCUT2D eigenvalue weighted by molar-refractivity contribution is 7.99. The summed E-state index contributed by atoms with van der Waals surface area (Å²) in [5.74, 6) is 1.17. The number of nitrogens with zero attached hydrogens (tertiary/aromatic N) is 3. The zero-order chi connectivity index (χ0) is 19.6. The van der Waals surface area contributed by atoms with Crippen molar-refractivity contribution >= 4 is 27.4 Å². The first-order chi connectivity index (χ1) is 12.8. The normalized spacial score (nSPS) is 18.9. The van der Waals surface area contributed by atoms with Crippen molar-refractivity contribution in [2.24, 2.45) is 5.92 Å². The number of ketones is 1. The molecule has 0 aromatic carbocycles. The van der Waals surface area contributed by atoms with Crippen molar-refractivity contribution in [1.29, 1.82) is 0 Å². The summed E-state index contributed by atoms with van der Waals surface area (Å²) < 4.78 is 30.8. The summed E-state index contributed by atoms with van der Waals surface area (Å²) in [6.07, 6.45) is 2.13. The first-order valence-corrected chi connectivity index (χ1v) is 11.9. The number of sulfone groups is 1. The first kappa shape index (κ1) is 20.1. The van der Waals surface area contributed by atoms with Gasteiger partial charge in [-0.2, -0.15) is 0 Å². The van der Waals surface area contributed by atoms with Crippen LogP contribution in [-0.2, 0) is 22.8 Å². The molecule has 1 saturated heterocycles. The van der Waals surface area contributed by atoms with Crippen molar-refractivity contribution in [3.8, 4) is 0 Å². The Bertz CT molecular complexity index is 931. The molecule has 7 nitrogen and oxygen atoms in total. The van der Waals surface area contributed by atoms with Crippen LogP contribution in [0.3, 0.4) is 0 Å². The molecule has 0 bridgehead atoms. The number of carbonyl (C=O) groups is 1. The predicted octanol–water partition coefficient (Wildman–Crippen LogP) is 2.85. The zero-order valence-corrected chi connectivity index (χ0v) is 17.5. The van der Waals surface area contributed by atoms with Crippen LogP contribution < -0.4 is 0 Å². The second kappa shape index (κ2) is 8.18. The summed E-state index contributed by atoms with van der Waals surface area (Å²) in [7, 11) is -2.91. The lowest BCUT2D eigenvalue weighted by molar-refractivity contribution is 0.102. The Labute approximate surface area is 163 Å². The summed E-state index contributed by atoms with van der Waals surface area (Å²) >= 11 is 1.22. The lowest BCUT2D eigenvalue weighted by Crippen LogP contribution is -2.07. The average Bonchev–Trinajstić information content (AvgIpc) is 3.27. The molecule has 0 radical (unpaired) electrons. The number of hydrogen-bond acceptors (Lipinski definition) is 7. The Hall–Kier alpha value is -1.61. The van der Waals surface area contributed by atoms with Gasteiger partial charge in [-0.15, -0.1) is 10.2 Å². The Kier molecular flexibility index (Phi) is 6.10. The van der Waals surface area contributed by atoms with E-state index in [1.165, 1.54) is 11.8 Å². The largest absolute Gasteiger partial charge is 0.416 e. The quantitative estimate of drug-likeness (QED) is 0.487. The van der Waals surface area contributed by atoms with E-state index in [0.717, 1.165) is 29.9 Å². The second-order valence-electron chi connectivity index (χ2n) is 7.08. The Morgan fingerprint density at radius 3 is 2.81 bits per heavy atom. The van der Waals surface area contributed by atoms with Crippen LogP contribution in [-0.4, -0.2) is 46.2 Å². The van der Waals surface area contributed by atoms with Gasteiger partial charge in [-0.05, 0) is 38.7 Å². The van der Waals surface area contributed by atoms with Crippen molar-refractivity contribution in [3.05, 3.63) is 28.9 Å². The molecule has 1 unspecified atom stereocenters. The van der Waals surface area contributed by atoms with E-state index in [-0.39, 0.29) is 29.0 Å². The second-order valence-corrected chi connectivity index (χ2v) is 10.2. The number of Topliss-reactive ketones (excluding diaryl/α,β-unsaturated/α-hetero) is 1. The van der Waals surface area contributed by atoms with Gasteiger partial charge in [-0.3, -0.25) is 4.79 Å². The lowest BCUT2D eigenvalue weighted by Gasteiger charge is -2.07. The van der Waals surface area contributed by atoms with E-state index in [1.54, 1.807) is 0 Å². The fourth-order valence-electron chi connectivity index (χ4n) is 3.52. The third-order valence-corrected chi connectivity index (χ3v) is 7.54. The monoisotopic (exact) mass is 411 g/mol. The van der Waals surface area contributed by atoms with Crippen LogP contribution in [0.15, 0.2) is 15.7 Å².